The quantitative estimate of drug-likeness (QED) is 0.105. The second-order valence-corrected chi connectivity index (χ2v) is 34.5. The second-order valence-electron chi connectivity index (χ2n) is 34.5. The van der Waals surface area contributed by atoms with Crippen LogP contribution >= 0.6 is 0 Å². The zero-order valence-corrected chi connectivity index (χ0v) is 70.9. The van der Waals surface area contributed by atoms with Gasteiger partial charge in [-0.05, 0) is 182 Å². The second kappa shape index (κ2) is 32.5. The van der Waals surface area contributed by atoms with Crippen LogP contribution in [0.3, 0.4) is 0 Å². The molecule has 0 aliphatic rings. The van der Waals surface area contributed by atoms with Crippen molar-refractivity contribution in [3.63, 3.8) is 0 Å². The molecule has 14 nitrogen and oxygen atoms in total. The fourth-order valence-electron chi connectivity index (χ4n) is 18.5. The van der Waals surface area contributed by atoms with Gasteiger partial charge in [-0.3, -0.25) is 27.4 Å². The van der Waals surface area contributed by atoms with Crippen LogP contribution in [0.15, 0.2) is 248 Å². The Morgan fingerprint density at radius 3 is 1.06 bits per heavy atom. The van der Waals surface area contributed by atoms with Crippen LogP contribution in [-0.4, -0.2) is 57.5 Å². The first-order valence-corrected chi connectivity index (χ1v) is 42.2. The average Bonchev–Trinajstić information content (AvgIpc) is 1.64. The Hall–Kier alpha value is -13.2. The SMILES string of the molecule is C.C.CC(C)c1cccc(C(C)C)c1-c1cnc2c3cc(=O)ccc3c3[nH]ccnc3n12.CC(C)c1cccc(C(C)C)c1-c1cnc2c3cc(Oc4ccc5c(c4)c4ncc(-c6c(C(C)C)cccc6C(C)C)n4c4nccnc54)ccc3c3ccccc3n12.Cc1ccc2c3ccccc3n3c(-c4c(C(C)C)cccc4C(C)C)cnc3c2c1. The number of H-pyrrole nitrogens is 1. The number of nitrogens with zero attached hydrogens (tertiary/aromatic N) is 11. The van der Waals surface area contributed by atoms with Crippen molar-refractivity contribution >= 4 is 110 Å². The van der Waals surface area contributed by atoms with Gasteiger partial charge in [-0.2, -0.15) is 0 Å². The molecule has 10 heterocycles. The fraction of sp³-hybridized carbons (Fsp3) is 0.252. The summed E-state index contributed by atoms with van der Waals surface area (Å²) >= 11 is 0. The van der Waals surface area contributed by atoms with Gasteiger partial charge >= 0.3 is 0 Å². The van der Waals surface area contributed by atoms with Crippen LogP contribution in [0.1, 0.15) is 223 Å². The lowest BCUT2D eigenvalue weighted by molar-refractivity contribution is 0.484. The van der Waals surface area contributed by atoms with E-state index in [2.05, 4.69) is 323 Å². The topological polar surface area (TPSA) is 150 Å². The smallest absolute Gasteiger partial charge is 0.179 e. The van der Waals surface area contributed by atoms with Gasteiger partial charge in [0.1, 0.15) is 39.6 Å². The number of hydrogen-bond acceptors (Lipinski definition) is 9. The number of nitrogens with one attached hydrogen (secondary N) is 1. The third-order valence-corrected chi connectivity index (χ3v) is 24.1. The van der Waals surface area contributed by atoms with Crippen LogP contribution in [0.25, 0.3) is 155 Å². The summed E-state index contributed by atoms with van der Waals surface area (Å²) in [5, 5.41) is 10.8. The number of aromatic nitrogens is 12. The molecule has 0 fully saturated rings. The van der Waals surface area contributed by atoms with Crippen molar-refractivity contribution in [2.75, 3.05) is 0 Å². The van der Waals surface area contributed by atoms with Crippen molar-refractivity contribution in [2.45, 2.75) is 180 Å². The molecule has 10 aromatic carbocycles. The van der Waals surface area contributed by atoms with E-state index in [1.54, 1.807) is 30.7 Å². The lowest BCUT2D eigenvalue weighted by atomic mass is 9.87. The lowest BCUT2D eigenvalue weighted by Gasteiger charge is -2.20. The molecule has 608 valence electrons. The van der Waals surface area contributed by atoms with E-state index in [0.717, 1.165) is 106 Å². The number of ether oxygens (including phenoxy) is 1. The standard InChI is InChI=1S/C52H48N6O.C28H28N2.C25H24N4O.2CH4/c1-29(2)35-14-11-15-36(30(3)4)47(35)45-27-55-50-42-25-33(19-21-39(42)40-13-9-10-18-44(40)57(45)50)59-34-20-22-41-43(26-34)51-56-28-46(58(51)52-49(41)53-23-24-54-52)48-37(31(5)6)16-12-17-38(48)32(7)8;1-17(2)20-10-8-11-21(18(3)4)27(20)26-16-29-28-24-15-19(5)13-14-22(24)23-9-6-7-12-25(23)30(26)28;1-14(2)17-6-5-7-18(15(3)4)22(17)21-13-28-24-20-12-16(30)8-9-19(20)23-25(29(21)24)27-11-10-26-23;;/h9-32H,1-8H3;6-18H,1-5H3;5-15,26H,1-4H3;2*1H4. The van der Waals surface area contributed by atoms with E-state index in [-0.39, 0.29) is 20.3 Å². The van der Waals surface area contributed by atoms with Gasteiger partial charge in [0.05, 0.1) is 64.1 Å². The Kier molecular flexibility index (Phi) is 21.9. The van der Waals surface area contributed by atoms with Crippen molar-refractivity contribution < 1.29 is 4.74 Å². The van der Waals surface area contributed by atoms with E-state index in [0.29, 0.717) is 53.1 Å². The van der Waals surface area contributed by atoms with E-state index < -0.39 is 0 Å². The molecule has 20 rings (SSSR count). The molecular formula is C107H108N12O2. The van der Waals surface area contributed by atoms with Crippen LogP contribution in [0.5, 0.6) is 11.5 Å². The molecule has 10 aromatic heterocycles. The largest absolute Gasteiger partial charge is 0.457 e. The molecular weight excluding hydrogens is 1490 g/mol. The molecule has 20 aromatic rings. The summed E-state index contributed by atoms with van der Waals surface area (Å²) in [7, 11) is 0. The van der Waals surface area contributed by atoms with Crippen molar-refractivity contribution in [3.05, 3.63) is 304 Å². The fourth-order valence-corrected chi connectivity index (χ4v) is 18.5. The van der Waals surface area contributed by atoms with E-state index in [4.69, 9.17) is 39.6 Å². The first kappa shape index (κ1) is 81.5. The Labute approximate surface area is 708 Å². The molecule has 0 unspecified atom stereocenters. The molecule has 0 atom stereocenters. The van der Waals surface area contributed by atoms with Gasteiger partial charge in [-0.25, -0.2) is 29.9 Å². The van der Waals surface area contributed by atoms with Gasteiger partial charge in [0.15, 0.2) is 16.7 Å². The molecule has 0 saturated carbocycles. The normalized spacial score (nSPS) is 12.0. The van der Waals surface area contributed by atoms with Gasteiger partial charge in [-0.15, -0.1) is 0 Å². The van der Waals surface area contributed by atoms with E-state index in [1.807, 2.05) is 30.7 Å². The van der Waals surface area contributed by atoms with Crippen LogP contribution in [-0.2, 0) is 0 Å². The Balaban J connectivity index is 0.000000148. The molecule has 0 aliphatic carbocycles. The zero-order valence-electron chi connectivity index (χ0n) is 70.9. The van der Waals surface area contributed by atoms with Gasteiger partial charge in [0, 0.05) is 90.1 Å². The summed E-state index contributed by atoms with van der Waals surface area (Å²) in [5.41, 5.74) is 30.4. The number of para-hydroxylation sites is 2. The van der Waals surface area contributed by atoms with Gasteiger partial charge in [0.25, 0.3) is 0 Å². The molecule has 1 N–H and O–H groups in total. The third-order valence-electron chi connectivity index (χ3n) is 24.1. The molecule has 0 aliphatic heterocycles. The lowest BCUT2D eigenvalue weighted by Crippen LogP contribution is -2.04. The molecule has 0 bridgehead atoms. The number of aryl methyl sites for hydroxylation is 1. The van der Waals surface area contributed by atoms with Crippen molar-refractivity contribution in [1.29, 1.82) is 0 Å². The van der Waals surface area contributed by atoms with Crippen molar-refractivity contribution in [1.82, 2.24) is 57.5 Å². The predicted molar refractivity (Wildman–Crippen MR) is 508 cm³/mol. The highest BCUT2D eigenvalue weighted by atomic mass is 16.5. The third kappa shape index (κ3) is 13.9. The minimum absolute atomic E-state index is 0. The number of rotatable bonds is 14. The molecule has 121 heavy (non-hydrogen) atoms. The van der Waals surface area contributed by atoms with Crippen molar-refractivity contribution in [3.8, 4) is 56.5 Å². The first-order chi connectivity index (χ1) is 57.5. The molecule has 0 spiro atoms. The van der Waals surface area contributed by atoms with E-state index in [9.17, 15) is 4.79 Å². The Bertz CT molecular complexity index is 7160. The summed E-state index contributed by atoms with van der Waals surface area (Å²) in [6.45, 7) is 38.3. The number of benzene rings is 10. The summed E-state index contributed by atoms with van der Waals surface area (Å²) in [5.74, 6) is 4.43. The minimum atomic E-state index is -0.0253. The number of hydrogen-bond donors (Lipinski definition) is 1. The van der Waals surface area contributed by atoms with Crippen LogP contribution in [0.2, 0.25) is 0 Å². The molecule has 0 radical (unpaired) electrons. The maximum atomic E-state index is 12.2. The highest BCUT2D eigenvalue weighted by molar-refractivity contribution is 6.15. The highest BCUT2D eigenvalue weighted by Gasteiger charge is 2.28. The van der Waals surface area contributed by atoms with Crippen LogP contribution < -0.4 is 10.2 Å². The summed E-state index contributed by atoms with van der Waals surface area (Å²) in [4.78, 5) is 50.0. The molecule has 0 saturated heterocycles. The van der Waals surface area contributed by atoms with Crippen LogP contribution in [0.4, 0.5) is 0 Å². The number of fused-ring (bicyclic) bond motifs is 24. The van der Waals surface area contributed by atoms with E-state index >= 15 is 0 Å². The number of aromatic amines is 1. The number of imidazole rings is 4. The maximum Gasteiger partial charge on any atom is 0.179 e. The Morgan fingerprint density at radius 2 is 0.628 bits per heavy atom. The average molecular weight is 1590 g/mol. The minimum Gasteiger partial charge on any atom is -0.457 e. The van der Waals surface area contributed by atoms with Gasteiger partial charge in [0.2, 0.25) is 0 Å². The first-order valence-electron chi connectivity index (χ1n) is 42.2. The van der Waals surface area contributed by atoms with E-state index in [1.165, 1.54) is 105 Å². The summed E-state index contributed by atoms with van der Waals surface area (Å²) in [6.07, 6.45) is 15.2. The zero-order chi connectivity index (χ0) is 82.7. The predicted octanol–water partition coefficient (Wildman–Crippen LogP) is 28.8. The Morgan fingerprint density at radius 1 is 0.289 bits per heavy atom. The monoisotopic (exact) mass is 1590 g/mol. The summed E-state index contributed by atoms with van der Waals surface area (Å²) in [6, 6.07) is 68.4. The molecule has 0 amide bonds. The summed E-state index contributed by atoms with van der Waals surface area (Å²) < 4.78 is 15.8. The number of pyridine rings is 4. The van der Waals surface area contributed by atoms with Gasteiger partial charge < -0.3 is 9.72 Å². The molecule has 14 heteroatoms. The van der Waals surface area contributed by atoms with Crippen molar-refractivity contribution in [2.24, 2.45) is 0 Å². The van der Waals surface area contributed by atoms with Gasteiger partial charge in [-0.1, -0.05) is 253 Å². The van der Waals surface area contributed by atoms with Crippen LogP contribution in [0, 0.1) is 6.92 Å². The maximum absolute atomic E-state index is 12.2. The highest BCUT2D eigenvalue weighted by Crippen LogP contribution is 2.47.